The van der Waals surface area contributed by atoms with Crippen LogP contribution in [-0.2, 0) is 12.8 Å². The summed E-state index contributed by atoms with van der Waals surface area (Å²) in [7, 11) is 0. The minimum atomic E-state index is 0.631. The fourth-order valence-corrected chi connectivity index (χ4v) is 3.09. The summed E-state index contributed by atoms with van der Waals surface area (Å²) >= 11 is 0. The minimum Gasteiger partial charge on any atom is -0.358 e. The van der Waals surface area contributed by atoms with E-state index in [-0.39, 0.29) is 0 Å². The van der Waals surface area contributed by atoms with Gasteiger partial charge < -0.3 is 10.7 Å². The van der Waals surface area contributed by atoms with Crippen molar-refractivity contribution in [3.05, 3.63) is 59.3 Å². The van der Waals surface area contributed by atoms with Crippen molar-refractivity contribution in [2.75, 3.05) is 6.54 Å². The van der Waals surface area contributed by atoms with Gasteiger partial charge in [0.1, 0.15) is 0 Å². The molecule has 3 nitrogen and oxygen atoms in total. The standard InChI is InChI=1S/C19H19N3/c1-2-17-16(9-10-20)19-15(7-4-8-18(19)22-17)14-6-3-5-13(11-14)12-21/h3-8,11,22H,2,9-10,20H2,1H3. The summed E-state index contributed by atoms with van der Waals surface area (Å²) in [4.78, 5) is 3.52. The fraction of sp³-hybridized carbons (Fsp3) is 0.211. The number of nitrogens with one attached hydrogen (secondary N) is 1. The zero-order valence-electron chi connectivity index (χ0n) is 12.7. The van der Waals surface area contributed by atoms with Crippen LogP contribution in [0.3, 0.4) is 0 Å². The molecule has 0 aliphatic heterocycles. The van der Waals surface area contributed by atoms with Crippen molar-refractivity contribution in [1.82, 2.24) is 4.98 Å². The maximum Gasteiger partial charge on any atom is 0.0991 e. The van der Waals surface area contributed by atoms with Crippen LogP contribution in [0.15, 0.2) is 42.5 Å². The van der Waals surface area contributed by atoms with Gasteiger partial charge in [-0.25, -0.2) is 0 Å². The van der Waals surface area contributed by atoms with E-state index in [0.29, 0.717) is 12.1 Å². The van der Waals surface area contributed by atoms with Crippen molar-refractivity contribution in [3.63, 3.8) is 0 Å². The highest BCUT2D eigenvalue weighted by molar-refractivity contribution is 5.98. The molecule has 2 aromatic carbocycles. The Hall–Kier alpha value is -2.57. The summed E-state index contributed by atoms with van der Waals surface area (Å²) < 4.78 is 0. The summed E-state index contributed by atoms with van der Waals surface area (Å²) in [5, 5.41) is 10.4. The molecule has 3 aromatic rings. The zero-order chi connectivity index (χ0) is 15.5. The SMILES string of the molecule is CCc1[nH]c2cccc(-c3cccc(C#N)c3)c2c1CCN. The molecule has 3 N–H and O–H groups in total. The Morgan fingerprint density at radius 3 is 2.73 bits per heavy atom. The molecule has 0 bridgehead atoms. The Bertz CT molecular complexity index is 853. The van der Waals surface area contributed by atoms with Crippen LogP contribution in [-0.4, -0.2) is 11.5 Å². The second-order valence-electron chi connectivity index (χ2n) is 5.40. The van der Waals surface area contributed by atoms with E-state index < -0.39 is 0 Å². The first-order valence-corrected chi connectivity index (χ1v) is 7.61. The first-order valence-electron chi connectivity index (χ1n) is 7.61. The molecule has 3 heteroatoms. The topological polar surface area (TPSA) is 65.6 Å². The van der Waals surface area contributed by atoms with Gasteiger partial charge in [0.25, 0.3) is 0 Å². The maximum atomic E-state index is 9.13. The first kappa shape index (κ1) is 14.4. The number of aromatic amines is 1. The van der Waals surface area contributed by atoms with Gasteiger partial charge in [-0.05, 0) is 54.3 Å². The highest BCUT2D eigenvalue weighted by atomic mass is 14.7. The van der Waals surface area contributed by atoms with Gasteiger partial charge in [0.2, 0.25) is 0 Å². The molecular formula is C19H19N3. The Kier molecular flexibility index (Phi) is 3.95. The van der Waals surface area contributed by atoms with Gasteiger partial charge in [-0.1, -0.05) is 31.2 Å². The lowest BCUT2D eigenvalue weighted by Gasteiger charge is -2.07. The normalized spacial score (nSPS) is 10.8. The molecule has 0 aliphatic rings. The molecule has 0 saturated carbocycles. The largest absolute Gasteiger partial charge is 0.358 e. The van der Waals surface area contributed by atoms with Crippen LogP contribution in [0.5, 0.6) is 0 Å². The molecule has 1 aromatic heterocycles. The predicted octanol–water partition coefficient (Wildman–Crippen LogP) is 3.77. The second kappa shape index (κ2) is 6.05. The number of nitriles is 1. The Balaban J connectivity index is 2.29. The van der Waals surface area contributed by atoms with E-state index in [2.05, 4.69) is 42.2 Å². The number of aromatic nitrogens is 1. The van der Waals surface area contributed by atoms with Gasteiger partial charge in [-0.15, -0.1) is 0 Å². The van der Waals surface area contributed by atoms with E-state index in [4.69, 9.17) is 11.0 Å². The van der Waals surface area contributed by atoms with Crippen molar-refractivity contribution in [3.8, 4) is 17.2 Å². The summed E-state index contributed by atoms with van der Waals surface area (Å²) in [5.41, 5.74) is 12.4. The predicted molar refractivity (Wildman–Crippen MR) is 90.6 cm³/mol. The maximum absolute atomic E-state index is 9.13. The molecule has 0 fully saturated rings. The van der Waals surface area contributed by atoms with E-state index in [0.717, 1.165) is 29.5 Å². The molecule has 0 saturated heterocycles. The van der Waals surface area contributed by atoms with Crippen molar-refractivity contribution in [2.45, 2.75) is 19.8 Å². The minimum absolute atomic E-state index is 0.631. The van der Waals surface area contributed by atoms with Gasteiger partial charge in [-0.2, -0.15) is 5.26 Å². The van der Waals surface area contributed by atoms with E-state index in [9.17, 15) is 0 Å². The smallest absolute Gasteiger partial charge is 0.0991 e. The highest BCUT2D eigenvalue weighted by Gasteiger charge is 2.14. The Labute approximate surface area is 130 Å². The van der Waals surface area contributed by atoms with E-state index in [1.165, 1.54) is 16.6 Å². The van der Waals surface area contributed by atoms with Gasteiger partial charge in [-0.3, -0.25) is 0 Å². The molecule has 110 valence electrons. The number of rotatable bonds is 4. The summed E-state index contributed by atoms with van der Waals surface area (Å²) in [6, 6.07) is 16.3. The summed E-state index contributed by atoms with van der Waals surface area (Å²) in [6.07, 6.45) is 1.82. The molecule has 3 rings (SSSR count). The lowest BCUT2D eigenvalue weighted by molar-refractivity contribution is 0.936. The second-order valence-corrected chi connectivity index (χ2v) is 5.40. The number of H-pyrrole nitrogens is 1. The van der Waals surface area contributed by atoms with Crippen LogP contribution in [0.25, 0.3) is 22.0 Å². The Morgan fingerprint density at radius 1 is 1.18 bits per heavy atom. The molecule has 0 aliphatic carbocycles. The molecule has 1 heterocycles. The first-order chi connectivity index (χ1) is 10.8. The van der Waals surface area contributed by atoms with Crippen LogP contribution in [0.2, 0.25) is 0 Å². The lowest BCUT2D eigenvalue weighted by Crippen LogP contribution is -2.04. The van der Waals surface area contributed by atoms with Crippen LogP contribution in [0, 0.1) is 11.3 Å². The third kappa shape index (κ3) is 2.38. The number of hydrogen-bond acceptors (Lipinski definition) is 2. The van der Waals surface area contributed by atoms with Crippen molar-refractivity contribution >= 4 is 10.9 Å². The van der Waals surface area contributed by atoms with E-state index >= 15 is 0 Å². The average molecular weight is 289 g/mol. The fourth-order valence-electron chi connectivity index (χ4n) is 3.09. The highest BCUT2D eigenvalue weighted by Crippen LogP contribution is 2.33. The monoisotopic (exact) mass is 289 g/mol. The van der Waals surface area contributed by atoms with Crippen molar-refractivity contribution in [2.24, 2.45) is 5.73 Å². The van der Waals surface area contributed by atoms with Crippen LogP contribution >= 0.6 is 0 Å². The molecule has 0 radical (unpaired) electrons. The number of aryl methyl sites for hydroxylation is 1. The third-order valence-corrected chi connectivity index (χ3v) is 4.07. The van der Waals surface area contributed by atoms with E-state index in [1.807, 2.05) is 18.2 Å². The van der Waals surface area contributed by atoms with Crippen LogP contribution < -0.4 is 5.73 Å². The number of hydrogen-bond donors (Lipinski definition) is 2. The summed E-state index contributed by atoms with van der Waals surface area (Å²) in [6.45, 7) is 2.78. The molecule has 22 heavy (non-hydrogen) atoms. The molecule has 0 amide bonds. The molecular weight excluding hydrogens is 270 g/mol. The van der Waals surface area contributed by atoms with Gasteiger partial charge in [0.05, 0.1) is 11.6 Å². The van der Waals surface area contributed by atoms with Crippen LogP contribution in [0.1, 0.15) is 23.7 Å². The lowest BCUT2D eigenvalue weighted by atomic mass is 9.96. The number of nitrogens with two attached hydrogens (primary N) is 1. The Morgan fingerprint density at radius 2 is 2.00 bits per heavy atom. The number of benzene rings is 2. The van der Waals surface area contributed by atoms with Gasteiger partial charge in [0.15, 0.2) is 0 Å². The quantitative estimate of drug-likeness (QED) is 0.767. The van der Waals surface area contributed by atoms with Gasteiger partial charge >= 0.3 is 0 Å². The van der Waals surface area contributed by atoms with Crippen LogP contribution in [0.4, 0.5) is 0 Å². The molecule has 0 spiro atoms. The van der Waals surface area contributed by atoms with Crippen molar-refractivity contribution < 1.29 is 0 Å². The molecule has 0 atom stereocenters. The average Bonchev–Trinajstić information content (AvgIpc) is 2.93. The van der Waals surface area contributed by atoms with Gasteiger partial charge in [0, 0.05) is 16.6 Å². The zero-order valence-corrected chi connectivity index (χ0v) is 12.7. The third-order valence-electron chi connectivity index (χ3n) is 4.07. The van der Waals surface area contributed by atoms with Crippen molar-refractivity contribution in [1.29, 1.82) is 5.26 Å². The molecule has 0 unspecified atom stereocenters. The number of nitrogens with zero attached hydrogens (tertiary/aromatic N) is 1. The van der Waals surface area contributed by atoms with E-state index in [1.54, 1.807) is 0 Å². The number of fused-ring (bicyclic) bond motifs is 1. The summed E-state index contributed by atoms with van der Waals surface area (Å²) in [5.74, 6) is 0.